The molecule has 3 aromatic carbocycles. The van der Waals surface area contributed by atoms with Crippen molar-refractivity contribution in [3.05, 3.63) is 102 Å². The van der Waals surface area contributed by atoms with Crippen molar-refractivity contribution in [2.45, 2.75) is 32.4 Å². The van der Waals surface area contributed by atoms with Crippen molar-refractivity contribution in [3.8, 4) is 0 Å². The van der Waals surface area contributed by atoms with Crippen molar-refractivity contribution in [2.24, 2.45) is 0 Å². The molecule has 0 radical (unpaired) electrons. The van der Waals surface area contributed by atoms with Crippen LogP contribution in [0.25, 0.3) is 11.0 Å². The number of hydrogen-bond donors (Lipinski definition) is 1. The molecule has 0 spiro atoms. The standard InChI is InChI=1S/C25H25N3O/c1-2-28-23-16-10-9-15-22(23)27-24(28)18-26-25(29)17-21(19-11-5-3-6-12-19)20-13-7-4-8-14-20/h3-16,21H,2,17-18H2,1H3,(H,26,29). The Labute approximate surface area is 171 Å². The second kappa shape index (κ2) is 8.74. The second-order valence-electron chi connectivity index (χ2n) is 7.12. The third-order valence-electron chi connectivity index (χ3n) is 5.29. The van der Waals surface area contributed by atoms with Crippen LogP contribution in [0.1, 0.15) is 36.2 Å². The van der Waals surface area contributed by atoms with Crippen molar-refractivity contribution in [1.29, 1.82) is 0 Å². The molecule has 1 N–H and O–H groups in total. The number of nitrogens with one attached hydrogen (secondary N) is 1. The highest BCUT2D eigenvalue weighted by atomic mass is 16.1. The van der Waals surface area contributed by atoms with Crippen LogP contribution in [0.2, 0.25) is 0 Å². The summed E-state index contributed by atoms with van der Waals surface area (Å²) in [5.41, 5.74) is 4.36. The van der Waals surface area contributed by atoms with Gasteiger partial charge in [0.25, 0.3) is 0 Å². The molecule has 4 heteroatoms. The fourth-order valence-corrected chi connectivity index (χ4v) is 3.85. The zero-order chi connectivity index (χ0) is 20.1. The zero-order valence-corrected chi connectivity index (χ0v) is 16.6. The molecule has 1 amide bonds. The molecule has 4 rings (SSSR count). The van der Waals surface area contributed by atoms with Crippen LogP contribution < -0.4 is 5.32 Å². The minimum absolute atomic E-state index is 0.0254. The molecular formula is C25H25N3O. The molecule has 4 nitrogen and oxygen atoms in total. The molecule has 0 aliphatic carbocycles. The van der Waals surface area contributed by atoms with Crippen LogP contribution in [0.3, 0.4) is 0 Å². The summed E-state index contributed by atoms with van der Waals surface area (Å²) in [6.07, 6.45) is 0.403. The lowest BCUT2D eigenvalue weighted by Crippen LogP contribution is -2.26. The van der Waals surface area contributed by atoms with Crippen LogP contribution in [-0.2, 0) is 17.9 Å². The highest BCUT2D eigenvalue weighted by molar-refractivity contribution is 5.78. The number of rotatable bonds is 7. The van der Waals surface area contributed by atoms with E-state index >= 15 is 0 Å². The fraction of sp³-hybridized carbons (Fsp3) is 0.200. The Morgan fingerprint density at radius 1 is 0.897 bits per heavy atom. The quantitative estimate of drug-likeness (QED) is 0.494. The van der Waals surface area contributed by atoms with Crippen molar-refractivity contribution in [3.63, 3.8) is 0 Å². The van der Waals surface area contributed by atoms with Gasteiger partial charge in [0.05, 0.1) is 17.6 Å². The van der Waals surface area contributed by atoms with Crippen molar-refractivity contribution in [1.82, 2.24) is 14.9 Å². The average molecular weight is 383 g/mol. The lowest BCUT2D eigenvalue weighted by molar-refractivity contribution is -0.121. The second-order valence-corrected chi connectivity index (χ2v) is 7.12. The summed E-state index contributed by atoms with van der Waals surface area (Å²) in [5.74, 6) is 0.942. The van der Waals surface area contributed by atoms with E-state index in [0.29, 0.717) is 13.0 Å². The Morgan fingerprint density at radius 3 is 2.10 bits per heavy atom. The average Bonchev–Trinajstić information content (AvgIpc) is 3.15. The first-order valence-corrected chi connectivity index (χ1v) is 10.1. The van der Waals surface area contributed by atoms with Crippen LogP contribution in [0, 0.1) is 0 Å². The molecule has 0 unspecified atom stereocenters. The Balaban J connectivity index is 1.51. The monoisotopic (exact) mass is 383 g/mol. The van der Waals surface area contributed by atoms with Crippen molar-refractivity contribution >= 4 is 16.9 Å². The van der Waals surface area contributed by atoms with Crippen molar-refractivity contribution in [2.75, 3.05) is 0 Å². The highest BCUT2D eigenvalue weighted by Crippen LogP contribution is 2.27. The number of fused-ring (bicyclic) bond motifs is 1. The van der Waals surface area contributed by atoms with E-state index in [2.05, 4.69) is 47.1 Å². The summed E-state index contributed by atoms with van der Waals surface area (Å²) in [7, 11) is 0. The summed E-state index contributed by atoms with van der Waals surface area (Å²) < 4.78 is 2.15. The van der Waals surface area contributed by atoms with Crippen molar-refractivity contribution < 1.29 is 4.79 Å². The SMILES string of the molecule is CCn1c(CNC(=O)CC(c2ccccc2)c2ccccc2)nc2ccccc21. The number of aryl methyl sites for hydroxylation is 1. The molecule has 0 bridgehead atoms. The normalized spacial score (nSPS) is 11.1. The fourth-order valence-electron chi connectivity index (χ4n) is 3.85. The molecule has 0 fully saturated rings. The largest absolute Gasteiger partial charge is 0.349 e. The van der Waals surface area contributed by atoms with Crippen LogP contribution >= 0.6 is 0 Å². The topological polar surface area (TPSA) is 46.9 Å². The van der Waals surface area contributed by atoms with Crippen LogP contribution in [0.15, 0.2) is 84.9 Å². The Hall–Kier alpha value is -3.40. The maximum atomic E-state index is 12.8. The maximum Gasteiger partial charge on any atom is 0.221 e. The van der Waals surface area contributed by atoms with E-state index in [0.717, 1.165) is 34.5 Å². The summed E-state index contributed by atoms with van der Waals surface area (Å²) in [5, 5.41) is 3.08. The number of amides is 1. The molecule has 1 aromatic heterocycles. The molecule has 0 atom stereocenters. The van der Waals surface area contributed by atoms with E-state index in [-0.39, 0.29) is 11.8 Å². The minimum atomic E-state index is 0.0254. The summed E-state index contributed by atoms with van der Waals surface area (Å²) in [6, 6.07) is 28.5. The number of imidazole rings is 1. The number of para-hydroxylation sites is 2. The third kappa shape index (κ3) is 4.21. The van der Waals surface area contributed by atoms with Gasteiger partial charge in [0.2, 0.25) is 5.91 Å². The number of carbonyl (C=O) groups is 1. The highest BCUT2D eigenvalue weighted by Gasteiger charge is 2.18. The maximum absolute atomic E-state index is 12.8. The first kappa shape index (κ1) is 18.9. The zero-order valence-electron chi connectivity index (χ0n) is 16.6. The van der Waals surface area contributed by atoms with Gasteiger partial charge in [0, 0.05) is 18.9 Å². The molecule has 4 aromatic rings. The smallest absolute Gasteiger partial charge is 0.221 e. The van der Waals surface area contributed by atoms with Crippen LogP contribution in [0.4, 0.5) is 0 Å². The first-order chi connectivity index (χ1) is 14.3. The van der Waals surface area contributed by atoms with Gasteiger partial charge in [-0.1, -0.05) is 72.8 Å². The van der Waals surface area contributed by atoms with Gasteiger partial charge in [-0.05, 0) is 30.2 Å². The lowest BCUT2D eigenvalue weighted by atomic mass is 9.88. The van der Waals surface area contributed by atoms with Gasteiger partial charge in [-0.2, -0.15) is 0 Å². The summed E-state index contributed by atoms with van der Waals surface area (Å²) >= 11 is 0. The first-order valence-electron chi connectivity index (χ1n) is 10.1. The lowest BCUT2D eigenvalue weighted by Gasteiger charge is -2.18. The Bertz CT molecular complexity index is 1050. The summed E-state index contributed by atoms with van der Waals surface area (Å²) in [4.78, 5) is 17.5. The van der Waals surface area contributed by atoms with Gasteiger partial charge in [0.1, 0.15) is 5.82 Å². The van der Waals surface area contributed by atoms with Gasteiger partial charge < -0.3 is 9.88 Å². The number of hydrogen-bond acceptors (Lipinski definition) is 2. The molecule has 0 aliphatic heterocycles. The van der Waals surface area contributed by atoms with E-state index in [9.17, 15) is 4.79 Å². The van der Waals surface area contributed by atoms with Gasteiger partial charge in [-0.25, -0.2) is 4.98 Å². The van der Waals surface area contributed by atoms with E-state index in [1.165, 1.54) is 0 Å². The van der Waals surface area contributed by atoms with E-state index in [1.54, 1.807) is 0 Å². The van der Waals surface area contributed by atoms with E-state index in [4.69, 9.17) is 4.98 Å². The van der Waals surface area contributed by atoms with Crippen LogP contribution in [-0.4, -0.2) is 15.5 Å². The van der Waals surface area contributed by atoms with Gasteiger partial charge >= 0.3 is 0 Å². The predicted molar refractivity (Wildman–Crippen MR) is 117 cm³/mol. The third-order valence-corrected chi connectivity index (χ3v) is 5.29. The molecule has 0 aliphatic rings. The number of nitrogens with zero attached hydrogens (tertiary/aromatic N) is 2. The number of aromatic nitrogens is 2. The minimum Gasteiger partial charge on any atom is -0.349 e. The van der Waals surface area contributed by atoms with E-state index < -0.39 is 0 Å². The Morgan fingerprint density at radius 2 is 1.48 bits per heavy atom. The summed E-state index contributed by atoms with van der Waals surface area (Å²) in [6.45, 7) is 3.35. The molecule has 0 saturated carbocycles. The molecule has 29 heavy (non-hydrogen) atoms. The predicted octanol–water partition coefficient (Wildman–Crippen LogP) is 4.89. The van der Waals surface area contributed by atoms with E-state index in [1.807, 2.05) is 54.6 Å². The van der Waals surface area contributed by atoms with Gasteiger partial charge in [0.15, 0.2) is 0 Å². The molecule has 146 valence electrons. The molecular weight excluding hydrogens is 358 g/mol. The van der Waals surface area contributed by atoms with Gasteiger partial charge in [-0.3, -0.25) is 4.79 Å². The molecule has 1 heterocycles. The molecule has 0 saturated heterocycles. The number of benzene rings is 3. The Kier molecular flexibility index (Phi) is 5.71. The number of carbonyl (C=O) groups excluding carboxylic acids is 1. The van der Waals surface area contributed by atoms with Gasteiger partial charge in [-0.15, -0.1) is 0 Å². The van der Waals surface area contributed by atoms with Crippen LogP contribution in [0.5, 0.6) is 0 Å².